The summed E-state index contributed by atoms with van der Waals surface area (Å²) in [5, 5.41) is 3.84. The van der Waals surface area contributed by atoms with E-state index in [4.69, 9.17) is 11.6 Å². The minimum absolute atomic E-state index is 0.272. The fourth-order valence-electron chi connectivity index (χ4n) is 3.19. The zero-order valence-electron chi connectivity index (χ0n) is 16.7. The van der Waals surface area contributed by atoms with Gasteiger partial charge in [-0.05, 0) is 47.0 Å². The average molecular weight is 447 g/mol. The number of carbonyl (C=O) groups excluding carboxylic acids is 1. The van der Waals surface area contributed by atoms with Gasteiger partial charge in [0, 0.05) is 22.4 Å². The molecule has 4 nitrogen and oxygen atoms in total. The van der Waals surface area contributed by atoms with Crippen LogP contribution in [-0.2, 0) is 10.8 Å². The summed E-state index contributed by atoms with van der Waals surface area (Å²) >= 11 is 6.43. The third-order valence-corrected chi connectivity index (χ3v) is 5.98. The third kappa shape index (κ3) is 4.90. The van der Waals surface area contributed by atoms with Crippen LogP contribution in [0, 0.1) is 0 Å². The Morgan fingerprint density at radius 1 is 0.871 bits per heavy atom. The number of amides is 1. The van der Waals surface area contributed by atoms with E-state index in [1.807, 2.05) is 42.5 Å². The van der Waals surface area contributed by atoms with E-state index in [0.29, 0.717) is 21.3 Å². The standard InChI is InChI=1S/C25H19ClN2O2S/c1-31(30)24-14-12-21(16-27-24)28-25(29)20-11-13-23(26)22(15-20)19-9-7-18(8-10-19)17-5-3-2-4-6-17/h2-16H,1H3,(H,28,29). The average Bonchev–Trinajstić information content (AvgIpc) is 2.80. The van der Waals surface area contributed by atoms with Gasteiger partial charge in [-0.1, -0.05) is 66.2 Å². The summed E-state index contributed by atoms with van der Waals surface area (Å²) in [5.74, 6) is -0.272. The fraction of sp³-hybridized carbons (Fsp3) is 0.0400. The van der Waals surface area contributed by atoms with Gasteiger partial charge in [-0.3, -0.25) is 9.00 Å². The van der Waals surface area contributed by atoms with Crippen LogP contribution in [0.2, 0.25) is 5.02 Å². The van der Waals surface area contributed by atoms with Gasteiger partial charge in [0.2, 0.25) is 0 Å². The molecule has 1 amide bonds. The minimum atomic E-state index is -1.17. The molecule has 0 saturated heterocycles. The highest BCUT2D eigenvalue weighted by Crippen LogP contribution is 2.31. The van der Waals surface area contributed by atoms with Crippen LogP contribution in [0.3, 0.4) is 0 Å². The van der Waals surface area contributed by atoms with Gasteiger partial charge in [0.05, 0.1) is 22.7 Å². The van der Waals surface area contributed by atoms with Crippen LogP contribution in [0.1, 0.15) is 10.4 Å². The van der Waals surface area contributed by atoms with Gasteiger partial charge >= 0.3 is 0 Å². The van der Waals surface area contributed by atoms with Gasteiger partial charge in [0.25, 0.3) is 5.91 Å². The van der Waals surface area contributed by atoms with Gasteiger partial charge in [-0.2, -0.15) is 0 Å². The minimum Gasteiger partial charge on any atom is -0.321 e. The number of anilines is 1. The second-order valence-electron chi connectivity index (χ2n) is 6.93. The predicted molar refractivity (Wildman–Crippen MR) is 127 cm³/mol. The molecule has 0 saturated carbocycles. The van der Waals surface area contributed by atoms with E-state index in [2.05, 4.69) is 22.4 Å². The van der Waals surface area contributed by atoms with Crippen LogP contribution in [-0.4, -0.2) is 21.4 Å². The Hall–Kier alpha value is -3.28. The van der Waals surface area contributed by atoms with E-state index >= 15 is 0 Å². The first-order valence-corrected chi connectivity index (χ1v) is 11.5. The van der Waals surface area contributed by atoms with Crippen molar-refractivity contribution in [2.75, 3.05) is 11.6 Å². The summed E-state index contributed by atoms with van der Waals surface area (Å²) in [4.78, 5) is 16.8. The number of nitrogens with zero attached hydrogens (tertiary/aromatic N) is 1. The Bertz CT molecular complexity index is 1240. The summed E-state index contributed by atoms with van der Waals surface area (Å²) in [6.45, 7) is 0. The summed E-state index contributed by atoms with van der Waals surface area (Å²) in [5.41, 5.74) is 4.97. The molecule has 1 unspecified atom stereocenters. The number of nitrogens with one attached hydrogen (secondary N) is 1. The molecule has 1 aromatic heterocycles. The van der Waals surface area contributed by atoms with Crippen LogP contribution in [0.15, 0.2) is 96.2 Å². The Labute approximate surface area is 188 Å². The monoisotopic (exact) mass is 446 g/mol. The van der Waals surface area contributed by atoms with E-state index in [0.717, 1.165) is 22.3 Å². The van der Waals surface area contributed by atoms with Gasteiger partial charge in [0.1, 0.15) is 5.03 Å². The molecule has 4 aromatic rings. The molecule has 154 valence electrons. The van der Waals surface area contributed by atoms with Crippen molar-refractivity contribution in [3.05, 3.63) is 102 Å². The topological polar surface area (TPSA) is 59.1 Å². The SMILES string of the molecule is CS(=O)c1ccc(NC(=O)c2ccc(Cl)c(-c3ccc(-c4ccccc4)cc3)c2)cn1. The number of pyridine rings is 1. The third-order valence-electron chi connectivity index (χ3n) is 4.82. The molecule has 31 heavy (non-hydrogen) atoms. The summed E-state index contributed by atoms with van der Waals surface area (Å²) in [6.07, 6.45) is 3.05. The number of aromatic nitrogens is 1. The summed E-state index contributed by atoms with van der Waals surface area (Å²) in [7, 11) is -1.17. The highest BCUT2D eigenvalue weighted by molar-refractivity contribution is 7.84. The van der Waals surface area contributed by atoms with Crippen molar-refractivity contribution < 1.29 is 9.00 Å². The fourth-order valence-corrected chi connectivity index (χ4v) is 3.88. The van der Waals surface area contributed by atoms with Crippen LogP contribution < -0.4 is 5.32 Å². The second-order valence-corrected chi connectivity index (χ2v) is 8.67. The molecule has 0 spiro atoms. The van der Waals surface area contributed by atoms with Crippen LogP contribution >= 0.6 is 11.6 Å². The largest absolute Gasteiger partial charge is 0.321 e. The summed E-state index contributed by atoms with van der Waals surface area (Å²) < 4.78 is 11.5. The zero-order chi connectivity index (χ0) is 21.8. The number of rotatable bonds is 5. The lowest BCUT2D eigenvalue weighted by atomic mass is 9.99. The molecule has 0 bridgehead atoms. The van der Waals surface area contributed by atoms with Crippen molar-refractivity contribution in [1.82, 2.24) is 4.98 Å². The van der Waals surface area contributed by atoms with E-state index in [1.165, 1.54) is 6.20 Å². The molecule has 1 atom stereocenters. The number of benzene rings is 3. The Morgan fingerprint density at radius 2 is 1.55 bits per heavy atom. The van der Waals surface area contributed by atoms with E-state index in [1.54, 1.807) is 36.6 Å². The second kappa shape index (κ2) is 9.25. The maximum absolute atomic E-state index is 12.7. The van der Waals surface area contributed by atoms with Gasteiger partial charge in [0.15, 0.2) is 0 Å². The maximum Gasteiger partial charge on any atom is 0.255 e. The zero-order valence-corrected chi connectivity index (χ0v) is 18.3. The van der Waals surface area contributed by atoms with Gasteiger partial charge in [-0.25, -0.2) is 4.98 Å². The lowest BCUT2D eigenvalue weighted by molar-refractivity contribution is 0.102. The van der Waals surface area contributed by atoms with E-state index < -0.39 is 10.8 Å². The molecule has 6 heteroatoms. The maximum atomic E-state index is 12.7. The quantitative estimate of drug-likeness (QED) is 0.405. The van der Waals surface area contributed by atoms with Crippen LogP contribution in [0.5, 0.6) is 0 Å². The summed E-state index contributed by atoms with van der Waals surface area (Å²) in [6, 6.07) is 26.7. The Morgan fingerprint density at radius 3 is 2.19 bits per heavy atom. The van der Waals surface area contributed by atoms with Crippen molar-refractivity contribution >= 4 is 34.0 Å². The van der Waals surface area contributed by atoms with E-state index in [-0.39, 0.29) is 5.91 Å². The molecule has 1 N–H and O–H groups in total. The Balaban J connectivity index is 1.56. The molecule has 4 rings (SSSR count). The molecule has 0 radical (unpaired) electrons. The number of hydrogen-bond acceptors (Lipinski definition) is 3. The van der Waals surface area contributed by atoms with Crippen molar-refractivity contribution in [2.45, 2.75) is 5.03 Å². The van der Waals surface area contributed by atoms with Crippen molar-refractivity contribution in [1.29, 1.82) is 0 Å². The molecular formula is C25H19ClN2O2S. The molecule has 0 aliphatic carbocycles. The molecule has 0 fully saturated rings. The highest BCUT2D eigenvalue weighted by atomic mass is 35.5. The van der Waals surface area contributed by atoms with Gasteiger partial charge in [-0.15, -0.1) is 0 Å². The molecule has 1 heterocycles. The van der Waals surface area contributed by atoms with E-state index in [9.17, 15) is 9.00 Å². The molecular weight excluding hydrogens is 428 g/mol. The predicted octanol–water partition coefficient (Wildman–Crippen LogP) is 6.06. The molecule has 0 aliphatic rings. The lowest BCUT2D eigenvalue weighted by Gasteiger charge is -2.10. The molecule has 3 aromatic carbocycles. The lowest BCUT2D eigenvalue weighted by Crippen LogP contribution is -2.12. The number of carbonyl (C=O) groups is 1. The Kier molecular flexibility index (Phi) is 6.26. The van der Waals surface area contributed by atoms with Crippen LogP contribution in [0.25, 0.3) is 22.3 Å². The van der Waals surface area contributed by atoms with Crippen LogP contribution in [0.4, 0.5) is 5.69 Å². The number of hydrogen-bond donors (Lipinski definition) is 1. The van der Waals surface area contributed by atoms with Crippen molar-refractivity contribution in [3.63, 3.8) is 0 Å². The van der Waals surface area contributed by atoms with Crippen molar-refractivity contribution in [3.8, 4) is 22.3 Å². The normalized spacial score (nSPS) is 11.7. The first-order chi connectivity index (χ1) is 15.0. The first-order valence-electron chi connectivity index (χ1n) is 9.57. The van der Waals surface area contributed by atoms with Gasteiger partial charge < -0.3 is 5.32 Å². The molecule has 0 aliphatic heterocycles. The number of halogens is 1. The highest BCUT2D eigenvalue weighted by Gasteiger charge is 2.12. The smallest absolute Gasteiger partial charge is 0.255 e. The first kappa shape index (κ1) is 21.0. The van der Waals surface area contributed by atoms with Crippen molar-refractivity contribution in [2.24, 2.45) is 0 Å².